The smallest absolute Gasteiger partial charge is 0.113 e. The second-order valence-corrected chi connectivity index (χ2v) is 5.13. The van der Waals surface area contributed by atoms with Gasteiger partial charge < -0.3 is 10.3 Å². The van der Waals surface area contributed by atoms with Crippen LogP contribution < -0.4 is 5.06 Å². The van der Waals surface area contributed by atoms with Crippen molar-refractivity contribution in [3.05, 3.63) is 41.1 Å². The molecule has 2 nitrogen and oxygen atoms in total. The zero-order chi connectivity index (χ0) is 13.2. The first-order chi connectivity index (χ1) is 8.75. The van der Waals surface area contributed by atoms with Crippen molar-refractivity contribution < 1.29 is 5.06 Å². The summed E-state index contributed by atoms with van der Waals surface area (Å²) in [7, 11) is 1.72. The van der Waals surface area contributed by atoms with Gasteiger partial charge in [0.05, 0.1) is 7.05 Å². The van der Waals surface area contributed by atoms with Crippen LogP contribution in [0.1, 0.15) is 63.5 Å². The first kappa shape index (κ1) is 15.2. The molecule has 0 aromatic heterocycles. The SMILES string of the molecule is CCCCCCCCC(c1ccccc1)[NH+](C)[O-]. The Bertz CT molecular complexity index is 297. The maximum Gasteiger partial charge on any atom is 0.113 e. The van der Waals surface area contributed by atoms with E-state index in [1.54, 1.807) is 7.05 Å². The molecule has 1 N–H and O–H groups in total. The predicted molar refractivity (Wildman–Crippen MR) is 77.4 cm³/mol. The third-order valence-electron chi connectivity index (χ3n) is 3.54. The topological polar surface area (TPSA) is 27.5 Å². The molecular weight excluding hydrogens is 222 g/mol. The largest absolute Gasteiger partial charge is 0.634 e. The van der Waals surface area contributed by atoms with Crippen molar-refractivity contribution in [3.63, 3.8) is 0 Å². The van der Waals surface area contributed by atoms with Gasteiger partial charge in [-0.15, -0.1) is 0 Å². The highest BCUT2D eigenvalue weighted by Crippen LogP contribution is 2.17. The van der Waals surface area contributed by atoms with Crippen LogP contribution in [-0.4, -0.2) is 7.05 Å². The second-order valence-electron chi connectivity index (χ2n) is 5.13. The maximum absolute atomic E-state index is 11.7. The first-order valence-corrected chi connectivity index (χ1v) is 7.31. The molecule has 0 saturated heterocycles. The number of hydroxylamine groups is 2. The van der Waals surface area contributed by atoms with Gasteiger partial charge >= 0.3 is 0 Å². The Morgan fingerprint density at radius 2 is 1.61 bits per heavy atom. The van der Waals surface area contributed by atoms with Gasteiger partial charge in [-0.25, -0.2) is 0 Å². The lowest BCUT2D eigenvalue weighted by molar-refractivity contribution is -0.861. The van der Waals surface area contributed by atoms with E-state index < -0.39 is 0 Å². The Kier molecular flexibility index (Phi) is 7.70. The number of rotatable bonds is 9. The molecule has 2 unspecified atom stereocenters. The van der Waals surface area contributed by atoms with E-state index in [4.69, 9.17) is 0 Å². The van der Waals surface area contributed by atoms with Crippen molar-refractivity contribution in [2.45, 2.75) is 57.9 Å². The van der Waals surface area contributed by atoms with Gasteiger partial charge in [-0.05, 0) is 6.42 Å². The van der Waals surface area contributed by atoms with Crippen LogP contribution in [0.5, 0.6) is 0 Å². The van der Waals surface area contributed by atoms with Crippen LogP contribution >= 0.6 is 0 Å². The molecule has 0 fully saturated rings. The number of nitrogens with one attached hydrogen (secondary N) is 1. The number of benzene rings is 1. The summed E-state index contributed by atoms with van der Waals surface area (Å²) in [6, 6.07) is 10.3. The van der Waals surface area contributed by atoms with E-state index in [9.17, 15) is 5.21 Å². The van der Waals surface area contributed by atoms with Crippen LogP contribution in [0.25, 0.3) is 0 Å². The second kappa shape index (κ2) is 9.12. The molecule has 2 atom stereocenters. The van der Waals surface area contributed by atoms with Crippen LogP contribution in [0.4, 0.5) is 0 Å². The van der Waals surface area contributed by atoms with Crippen LogP contribution in [-0.2, 0) is 0 Å². The summed E-state index contributed by atoms with van der Waals surface area (Å²) in [5, 5.41) is 12.0. The minimum absolute atomic E-state index is 0.109. The number of unbranched alkanes of at least 4 members (excludes halogenated alkanes) is 5. The van der Waals surface area contributed by atoms with Gasteiger partial charge in [-0.2, -0.15) is 0 Å². The quantitative estimate of drug-likeness (QED) is 0.526. The summed E-state index contributed by atoms with van der Waals surface area (Å²) in [5.74, 6) is 0. The summed E-state index contributed by atoms with van der Waals surface area (Å²) in [6.45, 7) is 2.24. The standard InChI is InChI=1S/C16H27NO/c1-3-4-5-6-7-11-14-16(17(2)18)15-12-9-8-10-13-15/h8-10,12-13,16-17H,3-7,11,14H2,1-2H3. The van der Waals surface area contributed by atoms with Crippen molar-refractivity contribution in [2.24, 2.45) is 0 Å². The maximum atomic E-state index is 11.7. The van der Waals surface area contributed by atoms with Crippen LogP contribution in [0.3, 0.4) is 0 Å². The average Bonchev–Trinajstić information content (AvgIpc) is 2.38. The lowest BCUT2D eigenvalue weighted by atomic mass is 9.99. The van der Waals surface area contributed by atoms with Crippen molar-refractivity contribution in [1.82, 2.24) is 0 Å². The average molecular weight is 249 g/mol. The fourth-order valence-corrected chi connectivity index (χ4v) is 2.42. The fraction of sp³-hybridized carbons (Fsp3) is 0.625. The number of hydrogen-bond acceptors (Lipinski definition) is 1. The molecule has 1 rings (SSSR count). The monoisotopic (exact) mass is 249 g/mol. The molecule has 0 amide bonds. The summed E-state index contributed by atoms with van der Waals surface area (Å²) >= 11 is 0. The Morgan fingerprint density at radius 1 is 1.00 bits per heavy atom. The molecule has 102 valence electrons. The van der Waals surface area contributed by atoms with E-state index in [1.165, 1.54) is 44.1 Å². The molecule has 0 saturated carbocycles. The van der Waals surface area contributed by atoms with Gasteiger partial charge in [-0.3, -0.25) is 0 Å². The molecule has 0 heterocycles. The Hall–Kier alpha value is -0.860. The molecule has 0 spiro atoms. The van der Waals surface area contributed by atoms with E-state index in [1.807, 2.05) is 18.2 Å². The first-order valence-electron chi connectivity index (χ1n) is 7.31. The van der Waals surface area contributed by atoms with Crippen molar-refractivity contribution in [3.8, 4) is 0 Å². The fourth-order valence-electron chi connectivity index (χ4n) is 2.42. The molecule has 0 aliphatic carbocycles. The zero-order valence-corrected chi connectivity index (χ0v) is 11.8. The molecule has 0 aliphatic heterocycles. The van der Waals surface area contributed by atoms with E-state index in [2.05, 4.69) is 19.1 Å². The van der Waals surface area contributed by atoms with Gasteiger partial charge in [0.25, 0.3) is 0 Å². The van der Waals surface area contributed by atoms with E-state index in [-0.39, 0.29) is 6.04 Å². The third kappa shape index (κ3) is 5.65. The molecular formula is C16H27NO. The number of quaternary nitrogens is 1. The van der Waals surface area contributed by atoms with Gasteiger partial charge in [-0.1, -0.05) is 69.4 Å². The minimum atomic E-state index is 0.109. The summed E-state index contributed by atoms with van der Waals surface area (Å²) in [6.07, 6.45) is 8.72. The molecule has 1 aromatic rings. The predicted octanol–water partition coefficient (Wildman–Crippen LogP) is 3.49. The van der Waals surface area contributed by atoms with Crippen molar-refractivity contribution in [1.29, 1.82) is 0 Å². The minimum Gasteiger partial charge on any atom is -0.634 e. The van der Waals surface area contributed by atoms with Crippen molar-refractivity contribution >= 4 is 0 Å². The highest BCUT2D eigenvalue weighted by molar-refractivity contribution is 5.17. The van der Waals surface area contributed by atoms with Gasteiger partial charge in [0.1, 0.15) is 6.04 Å². The molecule has 1 aromatic carbocycles. The van der Waals surface area contributed by atoms with Crippen LogP contribution in [0.2, 0.25) is 0 Å². The molecule has 18 heavy (non-hydrogen) atoms. The van der Waals surface area contributed by atoms with Crippen LogP contribution in [0.15, 0.2) is 30.3 Å². The van der Waals surface area contributed by atoms with E-state index >= 15 is 0 Å². The highest BCUT2D eigenvalue weighted by atomic mass is 16.5. The van der Waals surface area contributed by atoms with Crippen LogP contribution in [0, 0.1) is 5.21 Å². The summed E-state index contributed by atoms with van der Waals surface area (Å²) in [4.78, 5) is 0. The summed E-state index contributed by atoms with van der Waals surface area (Å²) < 4.78 is 0. The van der Waals surface area contributed by atoms with E-state index in [0.717, 1.165) is 6.42 Å². The lowest BCUT2D eigenvalue weighted by Crippen LogP contribution is -3.04. The molecule has 2 heteroatoms. The number of hydrogen-bond donors (Lipinski definition) is 1. The summed E-state index contributed by atoms with van der Waals surface area (Å²) in [5.41, 5.74) is 1.18. The lowest BCUT2D eigenvalue weighted by Gasteiger charge is -2.28. The highest BCUT2D eigenvalue weighted by Gasteiger charge is 2.14. The Balaban J connectivity index is 2.31. The molecule has 0 radical (unpaired) electrons. The van der Waals surface area contributed by atoms with Gasteiger partial charge in [0, 0.05) is 12.0 Å². The van der Waals surface area contributed by atoms with Crippen molar-refractivity contribution in [2.75, 3.05) is 7.05 Å². The Morgan fingerprint density at radius 3 is 2.22 bits per heavy atom. The Labute approximate surface area is 112 Å². The molecule has 0 bridgehead atoms. The zero-order valence-electron chi connectivity index (χ0n) is 11.8. The molecule has 0 aliphatic rings. The van der Waals surface area contributed by atoms with Gasteiger partial charge in [0.2, 0.25) is 0 Å². The van der Waals surface area contributed by atoms with E-state index in [0.29, 0.717) is 5.06 Å². The normalized spacial score (nSPS) is 14.4. The third-order valence-corrected chi connectivity index (χ3v) is 3.54. The van der Waals surface area contributed by atoms with Gasteiger partial charge in [0.15, 0.2) is 0 Å².